The Morgan fingerprint density at radius 1 is 0.500 bits per heavy atom. The predicted octanol–water partition coefficient (Wildman–Crippen LogP) is 12.1. The molecule has 660 valence electrons. The van der Waals surface area contributed by atoms with E-state index in [0.29, 0.717) is 182 Å². The van der Waals surface area contributed by atoms with Gasteiger partial charge in [0.25, 0.3) is 11.8 Å². The van der Waals surface area contributed by atoms with E-state index in [9.17, 15) is 38.4 Å². The van der Waals surface area contributed by atoms with Crippen LogP contribution >= 0.6 is 11.8 Å². The third kappa shape index (κ3) is 30.6. The summed E-state index contributed by atoms with van der Waals surface area (Å²) in [5.41, 5.74) is 5.50. The lowest BCUT2D eigenvalue weighted by Gasteiger charge is -2.24. The standard InChI is InChI=1S/C90H129N9O20S/c1-63(2)85(96-83(101)30-35-110-37-39-112-41-43-114-45-47-116-49-50-117-48-46-115-44-42-113-40-38-111-36-31-91-82(100)29-32-97-84(102)57-81(90(97)107)120-62-65-21-17-14-12-10-8-6-7-9-11-13-15-18-22-65)87(104)94-64(3)86(103)95-70-27-25-67(26-28-70)69-52-72-59-93-76-56-80(78(109-5)54-74(76)89(106)99(72)61-69)119-34-20-16-19-33-118-79-55-75-73(53-77(79)108-4)88(105)98-60-68(66-23-24-66)51-71(98)58-92-75/h25-28,53-56,58-61,63-66,71-72,81,85H,6-24,29-52,57,62H2,1-5H3,(H,91,100)(H,94,104)(H,95,103)(H,96,101)/t64-,71-,72-,81?,85-/m1/s1. The van der Waals surface area contributed by atoms with Crippen molar-refractivity contribution in [2.75, 3.05) is 157 Å². The van der Waals surface area contributed by atoms with E-state index in [2.05, 4.69) is 21.3 Å². The molecular formula is C90H129N9O20S. The number of thioether (sulfide) groups is 1. The quantitative estimate of drug-likeness (QED) is 0.0301. The Bertz CT molecular complexity index is 3900. The highest BCUT2D eigenvalue weighted by Gasteiger charge is 2.41. The molecule has 2 saturated carbocycles. The Hall–Kier alpha value is -8.33. The Morgan fingerprint density at radius 3 is 1.48 bits per heavy atom. The largest absolute Gasteiger partial charge is 0.493 e. The van der Waals surface area contributed by atoms with Crippen LogP contribution < -0.4 is 40.2 Å². The lowest BCUT2D eigenvalue weighted by Crippen LogP contribution is -2.53. The highest BCUT2D eigenvalue weighted by molar-refractivity contribution is 8.00. The zero-order valence-corrected chi connectivity index (χ0v) is 72.0. The van der Waals surface area contributed by atoms with Gasteiger partial charge in [0.15, 0.2) is 23.0 Å². The first-order chi connectivity index (χ1) is 58.5. The summed E-state index contributed by atoms with van der Waals surface area (Å²) in [6.45, 7) is 12.1. The van der Waals surface area contributed by atoms with E-state index < -0.39 is 23.9 Å². The van der Waals surface area contributed by atoms with Crippen molar-refractivity contribution in [2.24, 2.45) is 27.7 Å². The molecule has 3 aromatic rings. The maximum Gasteiger partial charge on any atom is 0.260 e. The summed E-state index contributed by atoms with van der Waals surface area (Å²) in [6, 6.07) is 11.9. The number of methoxy groups -OCH3 is 2. The van der Waals surface area contributed by atoms with Gasteiger partial charge in [-0.1, -0.05) is 103 Å². The second-order valence-corrected chi connectivity index (χ2v) is 33.1. The molecular weight excluding hydrogens is 1560 g/mol. The third-order valence-corrected chi connectivity index (χ3v) is 23.8. The van der Waals surface area contributed by atoms with Crippen molar-refractivity contribution in [2.45, 2.75) is 204 Å². The van der Waals surface area contributed by atoms with Crippen LogP contribution in [0.3, 0.4) is 0 Å². The second kappa shape index (κ2) is 51.6. The van der Waals surface area contributed by atoms with Gasteiger partial charge in [-0.15, -0.1) is 11.8 Å². The van der Waals surface area contributed by atoms with Crippen molar-refractivity contribution < 1.29 is 95.2 Å². The number of nitrogens with zero attached hydrogens (tertiary/aromatic N) is 5. The number of fused-ring (bicyclic) bond motifs is 4. The summed E-state index contributed by atoms with van der Waals surface area (Å²) >= 11 is 1.65. The smallest absolute Gasteiger partial charge is 0.260 e. The summed E-state index contributed by atoms with van der Waals surface area (Å²) in [7, 11) is 3.10. The fourth-order valence-corrected chi connectivity index (χ4v) is 16.6. The van der Waals surface area contributed by atoms with E-state index in [1.807, 2.05) is 30.7 Å². The fourth-order valence-electron chi connectivity index (χ4n) is 15.2. The lowest BCUT2D eigenvalue weighted by molar-refractivity contribution is -0.138. The Balaban J connectivity index is 0.487. The average molecular weight is 1690 g/mol. The number of aliphatic imine (C=N–C) groups is 2. The van der Waals surface area contributed by atoms with E-state index in [1.165, 1.54) is 120 Å². The first kappa shape index (κ1) is 93.9. The van der Waals surface area contributed by atoms with Crippen LogP contribution in [0.5, 0.6) is 23.0 Å². The van der Waals surface area contributed by atoms with Gasteiger partial charge in [0.1, 0.15) is 12.1 Å². The van der Waals surface area contributed by atoms with Gasteiger partial charge in [-0.2, -0.15) is 0 Å². The zero-order valence-electron chi connectivity index (χ0n) is 71.2. The van der Waals surface area contributed by atoms with Gasteiger partial charge in [-0.3, -0.25) is 53.2 Å². The van der Waals surface area contributed by atoms with Crippen LogP contribution in [0.25, 0.3) is 5.57 Å². The molecule has 29 nitrogen and oxygen atoms in total. The number of carbonyl (C=O) groups excluding carboxylic acids is 8. The van der Waals surface area contributed by atoms with Crippen molar-refractivity contribution in [3.8, 4) is 23.0 Å². The Labute approximate surface area is 711 Å². The van der Waals surface area contributed by atoms with Gasteiger partial charge in [0.05, 0.1) is 173 Å². The van der Waals surface area contributed by atoms with Crippen molar-refractivity contribution >= 4 is 94.1 Å². The number of imide groups is 1. The first-order valence-corrected chi connectivity index (χ1v) is 44.8. The molecule has 7 aliphatic rings. The number of likely N-dealkylation sites (tertiary alicyclic amines) is 1. The molecule has 30 heteroatoms. The van der Waals surface area contributed by atoms with Crippen molar-refractivity contribution in [3.05, 3.63) is 83.2 Å². The lowest BCUT2D eigenvalue weighted by atomic mass is 9.96. The zero-order chi connectivity index (χ0) is 84.6. The number of ether oxygens (including phenoxy) is 12. The third-order valence-electron chi connectivity index (χ3n) is 22.3. The number of amides is 8. The molecule has 5 aliphatic heterocycles. The summed E-state index contributed by atoms with van der Waals surface area (Å²) in [5, 5.41) is 10.9. The maximum absolute atomic E-state index is 14.2. The van der Waals surface area contributed by atoms with Crippen LogP contribution in [0, 0.1) is 17.8 Å². The minimum atomic E-state index is -0.935. The molecule has 1 unspecified atom stereocenters. The van der Waals surface area contributed by atoms with E-state index in [0.717, 1.165) is 42.6 Å². The molecule has 0 bridgehead atoms. The van der Waals surface area contributed by atoms with E-state index in [-0.39, 0.29) is 97.7 Å². The molecule has 3 aromatic carbocycles. The van der Waals surface area contributed by atoms with Crippen LogP contribution in [0.4, 0.5) is 17.1 Å². The molecule has 10 rings (SSSR count). The van der Waals surface area contributed by atoms with E-state index in [1.54, 1.807) is 92.1 Å². The minimum absolute atomic E-state index is 0.0177. The van der Waals surface area contributed by atoms with Gasteiger partial charge in [-0.25, -0.2) is 0 Å². The average Bonchev–Trinajstić information content (AvgIpc) is 1.61. The highest BCUT2D eigenvalue weighted by Crippen LogP contribution is 2.45. The van der Waals surface area contributed by atoms with Crippen LogP contribution in [-0.2, 0) is 66.7 Å². The number of rotatable bonds is 51. The topological polar surface area (TPSA) is 330 Å². The number of nitrogens with one attached hydrogen (secondary N) is 4. The van der Waals surface area contributed by atoms with Gasteiger partial charge >= 0.3 is 0 Å². The number of hydrogen-bond acceptors (Lipinski definition) is 23. The van der Waals surface area contributed by atoms with E-state index >= 15 is 0 Å². The molecule has 2 aliphatic carbocycles. The molecule has 120 heavy (non-hydrogen) atoms. The number of anilines is 1. The number of hydrogen-bond donors (Lipinski definition) is 4. The van der Waals surface area contributed by atoms with Gasteiger partial charge < -0.3 is 87.9 Å². The summed E-state index contributed by atoms with van der Waals surface area (Å²) in [4.78, 5) is 120. The molecule has 0 spiro atoms. The normalized spacial score (nSPS) is 18.9. The molecule has 1 saturated heterocycles. The van der Waals surface area contributed by atoms with Crippen LogP contribution in [-0.4, -0.2) is 256 Å². The van der Waals surface area contributed by atoms with Crippen molar-refractivity contribution in [1.82, 2.24) is 30.7 Å². The van der Waals surface area contributed by atoms with Gasteiger partial charge in [0, 0.05) is 81.4 Å². The number of unbranched alkanes of at least 4 members (excludes halogenated alkanes) is 2. The predicted molar refractivity (Wildman–Crippen MR) is 459 cm³/mol. The SMILES string of the molecule is COc1cc2c(cc1OCCCCCOc1cc3c(cc1OC)C(=O)N1C=C(C4CC4)C[C@@H]1C=N3)N=C[C@H]1CC(c3ccc(NC(=O)[C@@H](C)NC(=O)[C@H](NC(=O)CCOCCOCCOCCOCCOCCOCCOCCOCCNC(=O)CCN4C(=O)CC(SCC5CCCCCCCCCCCCCC5)C4=O)C(C)C)cc3)=CN1C2=O. The molecule has 0 radical (unpaired) electrons. The second-order valence-electron chi connectivity index (χ2n) is 31.9. The van der Waals surface area contributed by atoms with Crippen LogP contribution in [0.2, 0.25) is 0 Å². The fraction of sp³-hybridized carbons (Fsp3) is 0.644. The maximum atomic E-state index is 14.2. The van der Waals surface area contributed by atoms with Crippen molar-refractivity contribution in [3.63, 3.8) is 0 Å². The summed E-state index contributed by atoms with van der Waals surface area (Å²) < 4.78 is 68.4. The first-order valence-electron chi connectivity index (χ1n) is 43.8. The Morgan fingerprint density at radius 2 is 0.983 bits per heavy atom. The number of carbonyl (C=O) groups is 8. The molecule has 0 aromatic heterocycles. The minimum Gasteiger partial charge on any atom is -0.493 e. The van der Waals surface area contributed by atoms with E-state index in [4.69, 9.17) is 66.8 Å². The van der Waals surface area contributed by atoms with Crippen molar-refractivity contribution in [1.29, 1.82) is 0 Å². The monoisotopic (exact) mass is 1690 g/mol. The molecule has 5 heterocycles. The van der Waals surface area contributed by atoms with Gasteiger partial charge in [0.2, 0.25) is 35.4 Å². The van der Waals surface area contributed by atoms with Crippen LogP contribution in [0.1, 0.15) is 201 Å². The van der Waals surface area contributed by atoms with Gasteiger partial charge in [-0.05, 0) is 123 Å². The Kier molecular flexibility index (Phi) is 40.4. The molecule has 8 amide bonds. The summed E-state index contributed by atoms with van der Waals surface area (Å²) in [6.07, 6.45) is 32.0. The number of benzene rings is 3. The molecule has 4 N–H and O–H groups in total. The highest BCUT2D eigenvalue weighted by atomic mass is 32.2. The molecule has 5 atom stereocenters. The van der Waals surface area contributed by atoms with Crippen LogP contribution in [0.15, 0.2) is 76.5 Å². The summed E-state index contributed by atoms with van der Waals surface area (Å²) in [5.74, 6) is 1.52. The molecule has 3 fully saturated rings.